The predicted molar refractivity (Wildman–Crippen MR) is 131 cm³/mol. The molecule has 1 saturated carbocycles. The lowest BCUT2D eigenvalue weighted by Crippen LogP contribution is -2.46. The van der Waals surface area contributed by atoms with Crippen LogP contribution in [0.5, 0.6) is 0 Å². The fraction of sp³-hybridized carbons (Fsp3) is 0.609. The maximum absolute atomic E-state index is 9.32. The number of nitrogens with one attached hydrogen (secondary N) is 2. The Labute approximate surface area is 198 Å². The highest BCUT2D eigenvalue weighted by atomic mass is 32.1. The molecule has 4 heterocycles. The highest BCUT2D eigenvalue weighted by Crippen LogP contribution is 2.30. The smallest absolute Gasteiger partial charge is 0.230 e. The number of aromatic nitrogens is 4. The Hall–Kier alpha value is -2.27. The summed E-state index contributed by atoms with van der Waals surface area (Å²) in [6.07, 6.45) is 7.39. The van der Waals surface area contributed by atoms with E-state index in [2.05, 4.69) is 24.5 Å². The van der Waals surface area contributed by atoms with Crippen molar-refractivity contribution in [1.29, 1.82) is 0 Å². The molecule has 0 unspecified atom stereocenters. The van der Waals surface area contributed by atoms with Crippen LogP contribution < -0.4 is 10.6 Å². The lowest BCUT2D eigenvalue weighted by molar-refractivity contribution is 0.00791. The average Bonchev–Trinajstić information content (AvgIpc) is 3.44. The molecule has 10 heteroatoms. The zero-order valence-corrected chi connectivity index (χ0v) is 20.0. The van der Waals surface area contributed by atoms with E-state index in [0.29, 0.717) is 24.5 Å². The number of fused-ring (bicyclic) bond motifs is 1. The highest BCUT2D eigenvalue weighted by Gasteiger charge is 2.27. The molecule has 0 amide bonds. The monoisotopic (exact) mass is 471 g/mol. The minimum atomic E-state index is 0.166. The summed E-state index contributed by atoms with van der Waals surface area (Å²) in [5, 5.41) is 17.3. The molecule has 5 rings (SSSR count). The van der Waals surface area contributed by atoms with Crippen LogP contribution in [0, 0.1) is 6.92 Å². The van der Waals surface area contributed by atoms with E-state index >= 15 is 0 Å². The summed E-state index contributed by atoms with van der Waals surface area (Å²) in [6.45, 7) is 6.71. The molecule has 3 aromatic heterocycles. The zero-order valence-electron chi connectivity index (χ0n) is 19.2. The third-order valence-corrected chi connectivity index (χ3v) is 7.43. The van der Waals surface area contributed by atoms with Gasteiger partial charge in [0, 0.05) is 44.5 Å². The van der Waals surface area contributed by atoms with Gasteiger partial charge in [-0.2, -0.15) is 9.36 Å². The second-order valence-electron chi connectivity index (χ2n) is 8.97. The predicted octanol–water partition coefficient (Wildman–Crippen LogP) is 3.38. The number of rotatable bonds is 8. The summed E-state index contributed by atoms with van der Waals surface area (Å²) in [4.78, 5) is 12.2. The molecule has 0 atom stereocenters. The Kier molecular flexibility index (Phi) is 7.05. The molecule has 9 nitrogen and oxygen atoms in total. The van der Waals surface area contributed by atoms with Gasteiger partial charge >= 0.3 is 0 Å². The van der Waals surface area contributed by atoms with Crippen molar-refractivity contribution in [3.05, 3.63) is 24.0 Å². The first-order chi connectivity index (χ1) is 16.2. The number of aliphatic hydroxyl groups is 1. The van der Waals surface area contributed by atoms with Gasteiger partial charge in [0.1, 0.15) is 10.5 Å². The van der Waals surface area contributed by atoms with E-state index in [0.717, 1.165) is 73.2 Å². The lowest BCUT2D eigenvalue weighted by Gasteiger charge is -2.39. The number of ether oxygens (including phenoxy) is 1. The molecule has 0 spiro atoms. The Bertz CT molecular complexity index is 1050. The number of nitrogens with zero attached hydrogens (tertiary/aromatic N) is 5. The van der Waals surface area contributed by atoms with Gasteiger partial charge in [-0.05, 0) is 62.7 Å². The van der Waals surface area contributed by atoms with Crippen LogP contribution in [0.25, 0.3) is 11.0 Å². The van der Waals surface area contributed by atoms with E-state index in [1.807, 2.05) is 25.3 Å². The van der Waals surface area contributed by atoms with Crippen molar-refractivity contribution >= 4 is 39.3 Å². The maximum atomic E-state index is 9.32. The first kappa shape index (κ1) is 22.5. The number of aliphatic hydroxyl groups excluding tert-OH is 1. The fourth-order valence-electron chi connectivity index (χ4n) is 4.94. The largest absolute Gasteiger partial charge is 0.396 e. The van der Waals surface area contributed by atoms with Crippen molar-refractivity contribution in [2.75, 3.05) is 43.5 Å². The van der Waals surface area contributed by atoms with E-state index < -0.39 is 0 Å². The van der Waals surface area contributed by atoms with Gasteiger partial charge in [0.05, 0.1) is 24.4 Å². The Morgan fingerprint density at radius 2 is 2.00 bits per heavy atom. The van der Waals surface area contributed by atoms with Crippen molar-refractivity contribution in [1.82, 2.24) is 23.8 Å². The molecule has 0 aromatic carbocycles. The zero-order chi connectivity index (χ0) is 22.6. The summed E-state index contributed by atoms with van der Waals surface area (Å²) in [7, 11) is 0. The van der Waals surface area contributed by atoms with Gasteiger partial charge in [-0.3, -0.25) is 4.90 Å². The fourth-order valence-corrected chi connectivity index (χ4v) is 5.60. The van der Waals surface area contributed by atoms with Crippen LogP contribution >= 0.6 is 11.5 Å². The molecule has 1 aliphatic carbocycles. The number of hydrogen-bond donors (Lipinski definition) is 3. The molecule has 1 aliphatic heterocycles. The van der Waals surface area contributed by atoms with Gasteiger partial charge in [0.25, 0.3) is 0 Å². The minimum Gasteiger partial charge on any atom is -0.396 e. The van der Waals surface area contributed by atoms with Gasteiger partial charge in [-0.25, -0.2) is 4.98 Å². The molecule has 1 saturated heterocycles. The van der Waals surface area contributed by atoms with Crippen molar-refractivity contribution in [2.24, 2.45) is 0 Å². The van der Waals surface area contributed by atoms with Crippen LogP contribution in [0.3, 0.4) is 0 Å². The van der Waals surface area contributed by atoms with Crippen LogP contribution in [-0.4, -0.2) is 73.9 Å². The average molecular weight is 472 g/mol. The quantitative estimate of drug-likeness (QED) is 0.460. The van der Waals surface area contributed by atoms with E-state index in [1.54, 1.807) is 0 Å². The molecule has 0 bridgehead atoms. The van der Waals surface area contributed by atoms with Gasteiger partial charge < -0.3 is 25.0 Å². The maximum Gasteiger partial charge on any atom is 0.230 e. The van der Waals surface area contributed by atoms with Crippen LogP contribution in [0.1, 0.15) is 37.8 Å². The van der Waals surface area contributed by atoms with E-state index in [9.17, 15) is 5.11 Å². The van der Waals surface area contributed by atoms with Gasteiger partial charge in [0.15, 0.2) is 5.82 Å². The standard InChI is InChI=1S/C23H33N7O2S/c1-16-15-20(33-28-16)26-23-25-19-7-9-30(8-2-12-31)21(19)22(27-23)24-17-3-5-18(6-4-17)29-10-13-32-14-11-29/h7,9,15,17-18,31H,2-6,8,10-14H2,1H3,(H2,24,25,26,27). The number of hydrogen-bond acceptors (Lipinski definition) is 9. The Balaban J connectivity index is 1.35. The summed E-state index contributed by atoms with van der Waals surface area (Å²) in [5.74, 6) is 1.44. The van der Waals surface area contributed by atoms with Gasteiger partial charge in [-0.1, -0.05) is 0 Å². The second kappa shape index (κ2) is 10.3. The van der Waals surface area contributed by atoms with E-state index in [4.69, 9.17) is 14.7 Å². The number of anilines is 3. The molecule has 2 aliphatic rings. The molecule has 2 fully saturated rings. The Morgan fingerprint density at radius 1 is 1.18 bits per heavy atom. The molecule has 0 radical (unpaired) electrons. The van der Waals surface area contributed by atoms with Crippen molar-refractivity contribution in [3.8, 4) is 0 Å². The van der Waals surface area contributed by atoms with Crippen LogP contribution in [-0.2, 0) is 11.3 Å². The summed E-state index contributed by atoms with van der Waals surface area (Å²) in [5.41, 5.74) is 2.88. The minimum absolute atomic E-state index is 0.166. The molecular weight excluding hydrogens is 438 g/mol. The van der Waals surface area contributed by atoms with E-state index in [-0.39, 0.29) is 6.61 Å². The second-order valence-corrected chi connectivity index (χ2v) is 9.78. The lowest BCUT2D eigenvalue weighted by atomic mass is 9.90. The van der Waals surface area contributed by atoms with E-state index in [1.165, 1.54) is 24.4 Å². The van der Waals surface area contributed by atoms with Gasteiger partial charge in [-0.15, -0.1) is 0 Å². The molecule has 33 heavy (non-hydrogen) atoms. The highest BCUT2D eigenvalue weighted by molar-refractivity contribution is 7.10. The topological polar surface area (TPSA) is 100 Å². The van der Waals surface area contributed by atoms with Crippen molar-refractivity contribution in [2.45, 2.75) is 57.7 Å². The first-order valence-corrected chi connectivity index (χ1v) is 12.7. The summed E-state index contributed by atoms with van der Waals surface area (Å²) < 4.78 is 12.0. The molecule has 3 N–H and O–H groups in total. The third kappa shape index (κ3) is 5.29. The first-order valence-electron chi connectivity index (χ1n) is 12.0. The Morgan fingerprint density at radius 3 is 2.73 bits per heavy atom. The molecule has 3 aromatic rings. The summed E-state index contributed by atoms with van der Waals surface area (Å²) >= 11 is 1.41. The van der Waals surface area contributed by atoms with Crippen LogP contribution in [0.4, 0.5) is 16.8 Å². The normalized spacial score (nSPS) is 22.0. The SMILES string of the molecule is Cc1cc(Nc2nc(NC3CCC(N4CCOCC4)CC3)c3c(ccn3CCCO)n2)sn1. The van der Waals surface area contributed by atoms with Crippen molar-refractivity contribution < 1.29 is 9.84 Å². The summed E-state index contributed by atoms with van der Waals surface area (Å²) in [6, 6.07) is 5.08. The molecular formula is C23H33N7O2S. The van der Waals surface area contributed by atoms with Crippen molar-refractivity contribution in [3.63, 3.8) is 0 Å². The third-order valence-electron chi connectivity index (χ3n) is 6.63. The van der Waals surface area contributed by atoms with Crippen LogP contribution in [0.2, 0.25) is 0 Å². The molecule has 178 valence electrons. The number of morpholine rings is 1. The van der Waals surface area contributed by atoms with Gasteiger partial charge in [0.2, 0.25) is 5.95 Å². The number of aryl methyl sites for hydroxylation is 2. The van der Waals surface area contributed by atoms with Crippen LogP contribution in [0.15, 0.2) is 18.3 Å².